The SMILES string of the molecule is COc1ncc(N2CCOCC2)cc1S(=O)(=O)N(c1ccnc(-c2ccc(CN3CCN(C(C)C)CC3)cc2F)c1)C(C)C. The zero-order valence-corrected chi connectivity index (χ0v) is 27.1. The Morgan fingerprint density at radius 2 is 1.70 bits per heavy atom. The van der Waals surface area contributed by atoms with Gasteiger partial charge < -0.3 is 14.4 Å². The van der Waals surface area contributed by atoms with Crippen LogP contribution < -0.4 is 13.9 Å². The van der Waals surface area contributed by atoms with E-state index in [4.69, 9.17) is 9.47 Å². The highest BCUT2D eigenvalue weighted by Gasteiger charge is 2.32. The van der Waals surface area contributed by atoms with Crippen molar-refractivity contribution in [2.75, 3.05) is 68.8 Å². The van der Waals surface area contributed by atoms with Crippen molar-refractivity contribution in [1.29, 1.82) is 0 Å². The number of nitrogens with zero attached hydrogens (tertiary/aromatic N) is 6. The number of rotatable bonds is 10. The summed E-state index contributed by atoms with van der Waals surface area (Å²) in [6, 6.07) is 10.1. The zero-order valence-electron chi connectivity index (χ0n) is 26.2. The van der Waals surface area contributed by atoms with Crippen molar-refractivity contribution in [3.63, 3.8) is 0 Å². The topological polar surface area (TPSA) is 91.3 Å². The molecule has 12 heteroatoms. The molecule has 0 aliphatic carbocycles. The van der Waals surface area contributed by atoms with Gasteiger partial charge in [-0.1, -0.05) is 6.07 Å². The normalized spacial score (nSPS) is 17.0. The maximum absolute atomic E-state index is 15.5. The van der Waals surface area contributed by atoms with Gasteiger partial charge in [-0.05, 0) is 63.6 Å². The second kappa shape index (κ2) is 13.8. The minimum Gasteiger partial charge on any atom is -0.480 e. The molecule has 0 unspecified atom stereocenters. The monoisotopic (exact) mass is 626 g/mol. The number of sulfonamides is 1. The molecule has 44 heavy (non-hydrogen) atoms. The Hall–Kier alpha value is -3.32. The summed E-state index contributed by atoms with van der Waals surface area (Å²) in [6.07, 6.45) is 3.13. The molecule has 0 bridgehead atoms. The maximum Gasteiger partial charge on any atom is 0.270 e. The van der Waals surface area contributed by atoms with Crippen LogP contribution in [0, 0.1) is 5.82 Å². The molecule has 3 aromatic rings. The summed E-state index contributed by atoms with van der Waals surface area (Å²) in [4.78, 5) is 15.5. The minimum atomic E-state index is -4.14. The third-order valence-corrected chi connectivity index (χ3v) is 10.2. The van der Waals surface area contributed by atoms with Crippen LogP contribution in [0.5, 0.6) is 5.88 Å². The summed E-state index contributed by atoms with van der Waals surface area (Å²) in [6.45, 7) is 14.9. The van der Waals surface area contributed by atoms with Crippen molar-refractivity contribution >= 4 is 21.4 Å². The second-order valence-corrected chi connectivity index (χ2v) is 13.6. The lowest BCUT2D eigenvalue weighted by Crippen LogP contribution is -2.48. The van der Waals surface area contributed by atoms with Gasteiger partial charge in [-0.25, -0.2) is 17.8 Å². The van der Waals surface area contributed by atoms with E-state index in [1.54, 1.807) is 50.4 Å². The number of piperazine rings is 1. The van der Waals surface area contributed by atoms with Crippen LogP contribution in [0.1, 0.15) is 33.3 Å². The van der Waals surface area contributed by atoms with Gasteiger partial charge in [-0.2, -0.15) is 0 Å². The van der Waals surface area contributed by atoms with Gasteiger partial charge in [0.15, 0.2) is 4.90 Å². The van der Waals surface area contributed by atoms with E-state index in [-0.39, 0.29) is 10.8 Å². The van der Waals surface area contributed by atoms with E-state index in [1.165, 1.54) is 17.6 Å². The highest BCUT2D eigenvalue weighted by molar-refractivity contribution is 7.93. The lowest BCUT2D eigenvalue weighted by molar-refractivity contribution is 0.104. The Balaban J connectivity index is 1.41. The molecule has 2 aliphatic heterocycles. The van der Waals surface area contributed by atoms with Crippen LogP contribution in [0.25, 0.3) is 11.3 Å². The van der Waals surface area contributed by atoms with Crippen molar-refractivity contribution in [2.24, 2.45) is 0 Å². The van der Waals surface area contributed by atoms with Crippen molar-refractivity contribution in [3.8, 4) is 17.1 Å². The number of aromatic nitrogens is 2. The number of anilines is 2. The van der Waals surface area contributed by atoms with Crippen LogP contribution in [0.4, 0.5) is 15.8 Å². The third-order valence-electron chi connectivity index (χ3n) is 8.23. The number of benzene rings is 1. The number of hydrogen-bond acceptors (Lipinski definition) is 9. The second-order valence-electron chi connectivity index (χ2n) is 11.8. The van der Waals surface area contributed by atoms with E-state index < -0.39 is 21.9 Å². The number of morpholine rings is 1. The molecule has 0 atom stereocenters. The molecule has 5 rings (SSSR count). The molecule has 2 aromatic heterocycles. The average molecular weight is 627 g/mol. The highest BCUT2D eigenvalue weighted by atomic mass is 32.2. The molecule has 0 N–H and O–H groups in total. The minimum absolute atomic E-state index is 0.00851. The first kappa shape index (κ1) is 32.1. The van der Waals surface area contributed by atoms with Crippen molar-refractivity contribution in [2.45, 2.75) is 51.2 Å². The van der Waals surface area contributed by atoms with Crippen molar-refractivity contribution < 1.29 is 22.3 Å². The predicted molar refractivity (Wildman–Crippen MR) is 170 cm³/mol. The summed E-state index contributed by atoms with van der Waals surface area (Å²) >= 11 is 0. The van der Waals surface area contributed by atoms with Crippen molar-refractivity contribution in [3.05, 3.63) is 60.2 Å². The zero-order chi connectivity index (χ0) is 31.4. The van der Waals surface area contributed by atoms with Gasteiger partial charge in [0.25, 0.3) is 10.0 Å². The van der Waals surface area contributed by atoms with E-state index >= 15 is 4.39 Å². The van der Waals surface area contributed by atoms with Crippen LogP contribution in [-0.4, -0.2) is 99.9 Å². The molecule has 0 radical (unpaired) electrons. The molecular weight excluding hydrogens is 583 g/mol. The van der Waals surface area contributed by atoms with Crippen molar-refractivity contribution in [1.82, 2.24) is 19.8 Å². The Labute approximate surface area is 260 Å². The van der Waals surface area contributed by atoms with Crippen LogP contribution in [0.2, 0.25) is 0 Å². The largest absolute Gasteiger partial charge is 0.480 e. The van der Waals surface area contributed by atoms with E-state index in [1.807, 2.05) is 11.0 Å². The van der Waals surface area contributed by atoms with E-state index in [0.29, 0.717) is 61.5 Å². The average Bonchev–Trinajstić information content (AvgIpc) is 3.01. The van der Waals surface area contributed by atoms with Gasteiger partial charge in [0.2, 0.25) is 5.88 Å². The molecule has 2 aliphatic rings. The summed E-state index contributed by atoms with van der Waals surface area (Å²) in [5.74, 6) is -0.384. The summed E-state index contributed by atoms with van der Waals surface area (Å²) in [7, 11) is -2.74. The lowest BCUT2D eigenvalue weighted by Gasteiger charge is -2.36. The number of pyridine rings is 2. The molecule has 0 saturated carbocycles. The highest BCUT2D eigenvalue weighted by Crippen LogP contribution is 2.35. The van der Waals surface area contributed by atoms with Gasteiger partial charge >= 0.3 is 0 Å². The summed E-state index contributed by atoms with van der Waals surface area (Å²) in [5.41, 5.74) is 2.61. The number of ether oxygens (including phenoxy) is 2. The first-order chi connectivity index (χ1) is 21.1. The van der Waals surface area contributed by atoms with Crippen LogP contribution >= 0.6 is 0 Å². The number of methoxy groups -OCH3 is 1. The van der Waals surface area contributed by atoms with E-state index in [2.05, 4.69) is 33.6 Å². The first-order valence-electron chi connectivity index (χ1n) is 15.2. The van der Waals surface area contributed by atoms with E-state index in [0.717, 1.165) is 31.7 Å². The lowest BCUT2D eigenvalue weighted by atomic mass is 10.1. The fraction of sp³-hybridized carbons (Fsp3) is 0.500. The van der Waals surface area contributed by atoms with E-state index in [9.17, 15) is 8.42 Å². The summed E-state index contributed by atoms with van der Waals surface area (Å²) in [5, 5.41) is 0. The third kappa shape index (κ3) is 6.98. The van der Waals surface area contributed by atoms with Gasteiger partial charge in [-0.15, -0.1) is 0 Å². The van der Waals surface area contributed by atoms with Crippen LogP contribution in [-0.2, 0) is 21.3 Å². The quantitative estimate of drug-likeness (QED) is 0.328. The molecule has 238 valence electrons. The molecule has 0 amide bonds. The molecular formula is C32H43FN6O4S. The molecule has 0 spiro atoms. The van der Waals surface area contributed by atoms with Gasteiger partial charge in [0.05, 0.1) is 43.6 Å². The van der Waals surface area contributed by atoms with Gasteiger partial charge in [0, 0.05) is 69.7 Å². The number of hydrogen-bond donors (Lipinski definition) is 0. The molecule has 1 aromatic carbocycles. The van der Waals surface area contributed by atoms with Gasteiger partial charge in [-0.3, -0.25) is 19.1 Å². The van der Waals surface area contributed by atoms with Crippen LogP contribution in [0.15, 0.2) is 53.7 Å². The molecule has 2 fully saturated rings. The number of halogens is 1. The predicted octanol–water partition coefficient (Wildman–Crippen LogP) is 4.26. The first-order valence-corrected chi connectivity index (χ1v) is 16.6. The Morgan fingerprint density at radius 1 is 0.977 bits per heavy atom. The molecule has 4 heterocycles. The smallest absolute Gasteiger partial charge is 0.270 e. The fourth-order valence-electron chi connectivity index (χ4n) is 5.84. The summed E-state index contributed by atoms with van der Waals surface area (Å²) < 4.78 is 56.2. The standard InChI is InChI=1S/C32H43FN6O4S/c1-23(2)37-12-10-36(11-13-37)22-25-6-7-28(29(33)18-25)30-19-26(8-9-34-30)39(24(3)4)44(40,41)31-20-27(21-35-32(31)42-5)38-14-16-43-17-15-38/h6-9,18-21,23-24H,10-17,22H2,1-5H3. The van der Waals surface area contributed by atoms with Gasteiger partial charge in [0.1, 0.15) is 5.82 Å². The molecule has 10 nitrogen and oxygen atoms in total. The Bertz CT molecular complexity index is 1540. The molecule has 2 saturated heterocycles. The Morgan fingerprint density at radius 3 is 2.34 bits per heavy atom. The van der Waals surface area contributed by atoms with Crippen LogP contribution in [0.3, 0.4) is 0 Å². The fourth-order valence-corrected chi connectivity index (χ4v) is 7.62. The maximum atomic E-state index is 15.5. The Kier molecular flexibility index (Phi) is 10.0.